The van der Waals surface area contributed by atoms with E-state index in [1.807, 2.05) is 29.7 Å². The number of aromatic nitrogens is 1. The molecule has 0 N–H and O–H groups in total. The van der Waals surface area contributed by atoms with Gasteiger partial charge in [0.2, 0.25) is 5.91 Å². The third kappa shape index (κ3) is 2.64. The standard InChI is InChI=1S/C16H20N4O2/c1-11-7-12(2)18-15(14(11)8-17)20-9-13(10-20)16(21)19-3-5-22-6-4-19/h7,13H,3-6,9-10H2,1-2H3. The SMILES string of the molecule is Cc1cc(C)c(C#N)c(N2CC(C(=O)N3CCOCC3)C2)n1. The van der Waals surface area contributed by atoms with Crippen molar-refractivity contribution < 1.29 is 9.53 Å². The van der Waals surface area contributed by atoms with Crippen molar-refractivity contribution in [2.24, 2.45) is 5.92 Å². The Balaban J connectivity index is 1.68. The summed E-state index contributed by atoms with van der Waals surface area (Å²) < 4.78 is 5.28. The Kier molecular flexibility index (Phi) is 3.99. The number of amides is 1. The minimum absolute atomic E-state index is 0.00672. The average Bonchev–Trinajstić information content (AvgIpc) is 2.46. The Labute approximate surface area is 130 Å². The van der Waals surface area contributed by atoms with E-state index in [0.29, 0.717) is 50.8 Å². The molecule has 2 fully saturated rings. The number of nitrogens with zero attached hydrogens (tertiary/aromatic N) is 4. The smallest absolute Gasteiger partial charge is 0.229 e. The summed E-state index contributed by atoms with van der Waals surface area (Å²) >= 11 is 0. The molecule has 22 heavy (non-hydrogen) atoms. The van der Waals surface area contributed by atoms with Crippen LogP contribution in [0, 0.1) is 31.1 Å². The molecule has 3 heterocycles. The second-order valence-electron chi connectivity index (χ2n) is 5.93. The molecule has 0 unspecified atom stereocenters. The number of hydrogen-bond donors (Lipinski definition) is 0. The zero-order valence-corrected chi connectivity index (χ0v) is 13.0. The third-order valence-corrected chi connectivity index (χ3v) is 4.29. The number of rotatable bonds is 2. The van der Waals surface area contributed by atoms with Crippen LogP contribution in [0.3, 0.4) is 0 Å². The second-order valence-corrected chi connectivity index (χ2v) is 5.93. The van der Waals surface area contributed by atoms with Gasteiger partial charge in [0, 0.05) is 31.9 Å². The quantitative estimate of drug-likeness (QED) is 0.810. The molecule has 6 heteroatoms. The van der Waals surface area contributed by atoms with Gasteiger partial charge in [-0.25, -0.2) is 4.98 Å². The number of hydrogen-bond acceptors (Lipinski definition) is 5. The molecule has 6 nitrogen and oxygen atoms in total. The van der Waals surface area contributed by atoms with Gasteiger partial charge in [0.15, 0.2) is 0 Å². The molecular formula is C16H20N4O2. The highest BCUT2D eigenvalue weighted by Crippen LogP contribution is 2.29. The van der Waals surface area contributed by atoms with Crippen molar-refractivity contribution in [1.82, 2.24) is 9.88 Å². The zero-order chi connectivity index (χ0) is 15.7. The fourth-order valence-electron chi connectivity index (χ4n) is 3.03. The summed E-state index contributed by atoms with van der Waals surface area (Å²) in [6, 6.07) is 4.15. The minimum atomic E-state index is 0.00672. The van der Waals surface area contributed by atoms with Crippen LogP contribution in [0.25, 0.3) is 0 Å². The van der Waals surface area contributed by atoms with Crippen LogP contribution >= 0.6 is 0 Å². The lowest BCUT2D eigenvalue weighted by Crippen LogP contribution is -2.56. The van der Waals surface area contributed by atoms with E-state index in [-0.39, 0.29) is 11.8 Å². The van der Waals surface area contributed by atoms with E-state index >= 15 is 0 Å². The highest BCUT2D eigenvalue weighted by Gasteiger charge is 2.37. The van der Waals surface area contributed by atoms with E-state index in [1.54, 1.807) is 0 Å². The number of nitriles is 1. The fraction of sp³-hybridized carbons (Fsp3) is 0.562. The van der Waals surface area contributed by atoms with E-state index in [9.17, 15) is 10.1 Å². The molecule has 1 amide bonds. The number of morpholine rings is 1. The Morgan fingerprint density at radius 2 is 2.05 bits per heavy atom. The van der Waals surface area contributed by atoms with Crippen LogP contribution < -0.4 is 4.90 Å². The van der Waals surface area contributed by atoms with Gasteiger partial charge in [-0.2, -0.15) is 5.26 Å². The molecule has 116 valence electrons. The average molecular weight is 300 g/mol. The molecule has 1 aromatic heterocycles. The molecule has 0 aliphatic carbocycles. The Hall–Kier alpha value is -2.13. The number of anilines is 1. The van der Waals surface area contributed by atoms with E-state index in [1.165, 1.54) is 0 Å². The first-order chi connectivity index (χ1) is 10.6. The van der Waals surface area contributed by atoms with Crippen LogP contribution in [0.2, 0.25) is 0 Å². The fourth-order valence-corrected chi connectivity index (χ4v) is 3.03. The topological polar surface area (TPSA) is 69.5 Å². The minimum Gasteiger partial charge on any atom is -0.378 e. The summed E-state index contributed by atoms with van der Waals surface area (Å²) in [5.74, 6) is 0.917. The Morgan fingerprint density at radius 3 is 2.68 bits per heavy atom. The summed E-state index contributed by atoms with van der Waals surface area (Å²) in [7, 11) is 0. The summed E-state index contributed by atoms with van der Waals surface area (Å²) in [5.41, 5.74) is 2.45. The first-order valence-electron chi connectivity index (χ1n) is 7.60. The summed E-state index contributed by atoms with van der Waals surface area (Å²) in [5, 5.41) is 9.33. The van der Waals surface area contributed by atoms with Crippen molar-refractivity contribution in [3.63, 3.8) is 0 Å². The van der Waals surface area contributed by atoms with Crippen molar-refractivity contribution in [3.05, 3.63) is 22.9 Å². The van der Waals surface area contributed by atoms with E-state index in [0.717, 1.165) is 11.3 Å². The molecule has 2 aliphatic heterocycles. The van der Waals surface area contributed by atoms with Crippen LogP contribution in [0.5, 0.6) is 0 Å². The maximum atomic E-state index is 12.4. The van der Waals surface area contributed by atoms with Crippen LogP contribution in [0.4, 0.5) is 5.82 Å². The van der Waals surface area contributed by atoms with Gasteiger partial charge < -0.3 is 14.5 Å². The Morgan fingerprint density at radius 1 is 1.36 bits per heavy atom. The molecule has 0 spiro atoms. The van der Waals surface area contributed by atoms with Gasteiger partial charge in [-0.05, 0) is 25.5 Å². The molecule has 0 saturated carbocycles. The van der Waals surface area contributed by atoms with Crippen molar-refractivity contribution in [3.8, 4) is 6.07 Å². The molecule has 2 saturated heterocycles. The molecule has 1 aromatic rings. The van der Waals surface area contributed by atoms with Crippen LogP contribution in [0.15, 0.2) is 6.07 Å². The van der Waals surface area contributed by atoms with Gasteiger partial charge in [-0.15, -0.1) is 0 Å². The van der Waals surface area contributed by atoms with Crippen LogP contribution in [-0.2, 0) is 9.53 Å². The first-order valence-corrected chi connectivity index (χ1v) is 7.60. The number of ether oxygens (including phenoxy) is 1. The molecule has 3 rings (SSSR count). The molecule has 0 atom stereocenters. The van der Waals surface area contributed by atoms with Crippen LogP contribution in [-0.4, -0.2) is 55.2 Å². The number of aryl methyl sites for hydroxylation is 2. The normalized spacial score (nSPS) is 18.8. The van der Waals surface area contributed by atoms with Crippen LogP contribution in [0.1, 0.15) is 16.8 Å². The van der Waals surface area contributed by atoms with Gasteiger partial charge in [-0.1, -0.05) is 0 Å². The van der Waals surface area contributed by atoms with E-state index in [4.69, 9.17) is 4.74 Å². The lowest BCUT2D eigenvalue weighted by molar-refractivity contribution is -0.140. The van der Waals surface area contributed by atoms with E-state index in [2.05, 4.69) is 11.1 Å². The van der Waals surface area contributed by atoms with Gasteiger partial charge >= 0.3 is 0 Å². The van der Waals surface area contributed by atoms with Crippen molar-refractivity contribution in [1.29, 1.82) is 5.26 Å². The van der Waals surface area contributed by atoms with Crippen molar-refractivity contribution in [2.75, 3.05) is 44.3 Å². The maximum Gasteiger partial charge on any atom is 0.229 e. The molecule has 2 aliphatic rings. The monoisotopic (exact) mass is 300 g/mol. The maximum absolute atomic E-state index is 12.4. The highest BCUT2D eigenvalue weighted by atomic mass is 16.5. The predicted molar refractivity (Wildman–Crippen MR) is 81.5 cm³/mol. The van der Waals surface area contributed by atoms with E-state index < -0.39 is 0 Å². The molecule has 0 bridgehead atoms. The zero-order valence-electron chi connectivity index (χ0n) is 13.0. The predicted octanol–water partition coefficient (Wildman–Crippen LogP) is 0.865. The Bertz CT molecular complexity index is 626. The molecular weight excluding hydrogens is 280 g/mol. The van der Waals surface area contributed by atoms with Gasteiger partial charge in [0.05, 0.1) is 24.7 Å². The number of carbonyl (C=O) groups excluding carboxylic acids is 1. The lowest BCUT2D eigenvalue weighted by Gasteiger charge is -2.42. The lowest BCUT2D eigenvalue weighted by atomic mass is 9.96. The van der Waals surface area contributed by atoms with Crippen molar-refractivity contribution >= 4 is 11.7 Å². The number of carbonyl (C=O) groups is 1. The highest BCUT2D eigenvalue weighted by molar-refractivity contribution is 5.82. The van der Waals surface area contributed by atoms with Gasteiger partial charge in [0.25, 0.3) is 0 Å². The first kappa shape index (κ1) is 14.8. The van der Waals surface area contributed by atoms with Crippen molar-refractivity contribution in [2.45, 2.75) is 13.8 Å². The third-order valence-electron chi connectivity index (χ3n) is 4.29. The second kappa shape index (κ2) is 5.93. The molecule has 0 aromatic carbocycles. The summed E-state index contributed by atoms with van der Waals surface area (Å²) in [4.78, 5) is 20.8. The molecule has 0 radical (unpaired) electrons. The van der Waals surface area contributed by atoms with Gasteiger partial charge in [-0.3, -0.25) is 4.79 Å². The largest absolute Gasteiger partial charge is 0.378 e. The number of pyridine rings is 1. The summed E-state index contributed by atoms with van der Waals surface area (Å²) in [6.45, 7) is 7.74. The van der Waals surface area contributed by atoms with Gasteiger partial charge in [0.1, 0.15) is 11.9 Å². The summed E-state index contributed by atoms with van der Waals surface area (Å²) in [6.07, 6.45) is 0.